The van der Waals surface area contributed by atoms with Crippen molar-refractivity contribution in [3.63, 3.8) is 0 Å². The number of halogens is 1. The molecule has 1 atom stereocenters. The molecule has 0 aliphatic rings. The Bertz CT molecular complexity index is 337. The van der Waals surface area contributed by atoms with Crippen LogP contribution < -0.4 is 5.73 Å². The molecule has 0 radical (unpaired) electrons. The van der Waals surface area contributed by atoms with Gasteiger partial charge < -0.3 is 10.8 Å². The Morgan fingerprint density at radius 1 is 1.36 bits per heavy atom. The van der Waals surface area contributed by atoms with E-state index in [4.69, 9.17) is 5.11 Å². The summed E-state index contributed by atoms with van der Waals surface area (Å²) in [7, 11) is 0. The summed E-state index contributed by atoms with van der Waals surface area (Å²) in [4.78, 5) is 0. The van der Waals surface area contributed by atoms with Gasteiger partial charge in [0.25, 0.3) is 0 Å². The SMILES string of the molecule is [NH3+][C@@H](C#Cc1ccc(Br)cc1)CCO. The van der Waals surface area contributed by atoms with Gasteiger partial charge in [0.1, 0.15) is 6.04 Å². The topological polar surface area (TPSA) is 47.9 Å². The Balaban J connectivity index is 2.63. The normalized spacial score (nSPS) is 11.6. The Hall–Kier alpha value is -0.820. The van der Waals surface area contributed by atoms with E-state index in [2.05, 4.69) is 33.5 Å². The minimum Gasteiger partial charge on any atom is -0.396 e. The smallest absolute Gasteiger partial charge is 0.148 e. The van der Waals surface area contributed by atoms with Gasteiger partial charge in [-0.3, -0.25) is 0 Å². The van der Waals surface area contributed by atoms with Crippen LogP contribution in [0.4, 0.5) is 0 Å². The molecule has 0 spiro atoms. The molecule has 1 aromatic carbocycles. The predicted molar refractivity (Wildman–Crippen MR) is 59.4 cm³/mol. The first kappa shape index (κ1) is 11.3. The zero-order valence-electron chi connectivity index (χ0n) is 7.83. The molecular weight excluding hydrogens is 242 g/mol. The molecule has 0 saturated heterocycles. The third-order valence-electron chi connectivity index (χ3n) is 1.74. The summed E-state index contributed by atoms with van der Waals surface area (Å²) in [6, 6.07) is 7.80. The van der Waals surface area contributed by atoms with Crippen molar-refractivity contribution in [3.8, 4) is 11.8 Å². The standard InChI is InChI=1S/C11H12BrNO/c12-10-4-1-9(2-5-10)3-6-11(13)7-8-14/h1-2,4-5,11,14H,7-8,13H2/p+1/t11-/m0/s1. The van der Waals surface area contributed by atoms with E-state index in [0.717, 1.165) is 10.0 Å². The van der Waals surface area contributed by atoms with Gasteiger partial charge in [0, 0.05) is 23.1 Å². The van der Waals surface area contributed by atoms with Crippen LogP contribution in [-0.2, 0) is 0 Å². The summed E-state index contributed by atoms with van der Waals surface area (Å²) >= 11 is 3.36. The summed E-state index contributed by atoms with van der Waals surface area (Å²) in [5.74, 6) is 5.99. The van der Waals surface area contributed by atoms with Gasteiger partial charge in [-0.2, -0.15) is 0 Å². The largest absolute Gasteiger partial charge is 0.396 e. The van der Waals surface area contributed by atoms with Gasteiger partial charge in [-0.05, 0) is 30.2 Å². The average molecular weight is 255 g/mol. The van der Waals surface area contributed by atoms with Crippen LogP contribution in [0.25, 0.3) is 0 Å². The lowest BCUT2D eigenvalue weighted by Gasteiger charge is -1.95. The number of hydrogen-bond acceptors (Lipinski definition) is 1. The maximum atomic E-state index is 8.66. The highest BCUT2D eigenvalue weighted by Gasteiger charge is 1.97. The van der Waals surface area contributed by atoms with Crippen LogP contribution in [0.2, 0.25) is 0 Å². The van der Waals surface area contributed by atoms with Crippen LogP contribution in [-0.4, -0.2) is 17.8 Å². The minimum atomic E-state index is 0.00338. The van der Waals surface area contributed by atoms with Crippen molar-refractivity contribution in [1.29, 1.82) is 0 Å². The third kappa shape index (κ3) is 3.93. The fraction of sp³-hybridized carbons (Fsp3) is 0.273. The summed E-state index contributed by atoms with van der Waals surface area (Å²) in [6.45, 7) is 0.142. The van der Waals surface area contributed by atoms with E-state index in [9.17, 15) is 0 Å². The predicted octanol–water partition coefficient (Wildman–Crippen LogP) is 0.793. The van der Waals surface area contributed by atoms with Crippen molar-refractivity contribution in [2.45, 2.75) is 12.5 Å². The fourth-order valence-corrected chi connectivity index (χ4v) is 1.21. The summed E-state index contributed by atoms with van der Waals surface area (Å²) in [6.07, 6.45) is 0.629. The van der Waals surface area contributed by atoms with Crippen molar-refractivity contribution in [1.82, 2.24) is 0 Å². The second-order valence-corrected chi connectivity index (χ2v) is 3.90. The molecule has 0 aliphatic carbocycles. The highest BCUT2D eigenvalue weighted by Crippen LogP contribution is 2.09. The molecule has 2 nitrogen and oxygen atoms in total. The van der Waals surface area contributed by atoms with Crippen molar-refractivity contribution in [2.75, 3.05) is 6.61 Å². The molecule has 74 valence electrons. The third-order valence-corrected chi connectivity index (χ3v) is 2.27. The number of aliphatic hydroxyl groups is 1. The van der Waals surface area contributed by atoms with Crippen LogP contribution in [0.3, 0.4) is 0 Å². The molecule has 0 aromatic heterocycles. The molecule has 14 heavy (non-hydrogen) atoms. The molecule has 3 heteroatoms. The summed E-state index contributed by atoms with van der Waals surface area (Å²) in [5.41, 5.74) is 4.79. The van der Waals surface area contributed by atoms with E-state index in [0.29, 0.717) is 6.42 Å². The molecule has 0 bridgehead atoms. The van der Waals surface area contributed by atoms with Crippen molar-refractivity contribution < 1.29 is 10.8 Å². The maximum absolute atomic E-state index is 8.66. The first-order chi connectivity index (χ1) is 6.72. The molecule has 0 unspecified atom stereocenters. The molecule has 1 aromatic rings. The second kappa shape index (κ2) is 5.82. The van der Waals surface area contributed by atoms with Crippen molar-refractivity contribution in [2.24, 2.45) is 0 Å². The number of rotatable bonds is 2. The number of quaternary nitrogens is 1. The first-order valence-corrected chi connectivity index (χ1v) is 5.22. The van der Waals surface area contributed by atoms with Gasteiger partial charge in [-0.1, -0.05) is 21.9 Å². The van der Waals surface area contributed by atoms with Gasteiger partial charge in [0.05, 0.1) is 0 Å². The van der Waals surface area contributed by atoms with E-state index in [1.807, 2.05) is 24.3 Å². The Labute approximate surface area is 92.3 Å². The van der Waals surface area contributed by atoms with Crippen LogP contribution in [0.5, 0.6) is 0 Å². The lowest BCUT2D eigenvalue weighted by Crippen LogP contribution is -2.60. The Morgan fingerprint density at radius 2 is 2.00 bits per heavy atom. The molecule has 0 heterocycles. The van der Waals surface area contributed by atoms with Gasteiger partial charge in [-0.25, -0.2) is 0 Å². The van der Waals surface area contributed by atoms with E-state index in [1.165, 1.54) is 0 Å². The van der Waals surface area contributed by atoms with Crippen LogP contribution in [0, 0.1) is 11.8 Å². The molecule has 4 N–H and O–H groups in total. The molecular formula is C11H13BrNO+. The Kier molecular flexibility index (Phi) is 4.68. The van der Waals surface area contributed by atoms with E-state index in [-0.39, 0.29) is 12.6 Å². The van der Waals surface area contributed by atoms with Gasteiger partial charge in [0.15, 0.2) is 0 Å². The molecule has 0 saturated carbocycles. The van der Waals surface area contributed by atoms with Gasteiger partial charge in [0.2, 0.25) is 0 Å². The lowest BCUT2D eigenvalue weighted by molar-refractivity contribution is -0.401. The summed E-state index contributed by atoms with van der Waals surface area (Å²) < 4.78 is 1.05. The zero-order chi connectivity index (χ0) is 10.4. The number of benzene rings is 1. The maximum Gasteiger partial charge on any atom is 0.148 e. The van der Waals surface area contributed by atoms with Crippen LogP contribution in [0.1, 0.15) is 12.0 Å². The highest BCUT2D eigenvalue weighted by atomic mass is 79.9. The Morgan fingerprint density at radius 3 is 2.57 bits per heavy atom. The van der Waals surface area contributed by atoms with E-state index < -0.39 is 0 Å². The monoisotopic (exact) mass is 254 g/mol. The quantitative estimate of drug-likeness (QED) is 0.754. The average Bonchev–Trinajstić information content (AvgIpc) is 2.17. The molecule has 0 aliphatic heterocycles. The first-order valence-electron chi connectivity index (χ1n) is 4.43. The fourth-order valence-electron chi connectivity index (χ4n) is 0.947. The number of aliphatic hydroxyl groups excluding tert-OH is 1. The van der Waals surface area contributed by atoms with Crippen LogP contribution in [0.15, 0.2) is 28.7 Å². The second-order valence-electron chi connectivity index (χ2n) is 2.99. The van der Waals surface area contributed by atoms with Crippen molar-refractivity contribution in [3.05, 3.63) is 34.3 Å². The molecule has 0 fully saturated rings. The van der Waals surface area contributed by atoms with Crippen LogP contribution >= 0.6 is 15.9 Å². The zero-order valence-corrected chi connectivity index (χ0v) is 9.42. The minimum absolute atomic E-state index is 0.00338. The highest BCUT2D eigenvalue weighted by molar-refractivity contribution is 9.10. The molecule has 0 amide bonds. The number of hydrogen-bond donors (Lipinski definition) is 2. The van der Waals surface area contributed by atoms with Gasteiger partial charge >= 0.3 is 0 Å². The van der Waals surface area contributed by atoms with Crippen molar-refractivity contribution >= 4 is 15.9 Å². The van der Waals surface area contributed by atoms with Gasteiger partial charge in [-0.15, -0.1) is 0 Å². The van der Waals surface area contributed by atoms with E-state index >= 15 is 0 Å². The lowest BCUT2D eigenvalue weighted by atomic mass is 10.2. The summed E-state index contributed by atoms with van der Waals surface area (Å²) in [5, 5.41) is 8.66. The molecule has 1 rings (SSSR count). The van der Waals surface area contributed by atoms with E-state index in [1.54, 1.807) is 0 Å².